The fraction of sp³-hybridized carbons (Fsp3) is 0.400. The highest BCUT2D eigenvalue weighted by Gasteiger charge is 2.05. The van der Waals surface area contributed by atoms with Crippen LogP contribution in [0.5, 0.6) is 0 Å². The van der Waals surface area contributed by atoms with Crippen molar-refractivity contribution < 1.29 is 0 Å². The number of hydrogen-bond donors (Lipinski definition) is 0. The molecule has 0 saturated heterocycles. The van der Waals surface area contributed by atoms with Crippen LogP contribution in [0.3, 0.4) is 0 Å². The van der Waals surface area contributed by atoms with Gasteiger partial charge in [0.1, 0.15) is 0 Å². The van der Waals surface area contributed by atoms with Gasteiger partial charge >= 0.3 is 0 Å². The zero-order chi connectivity index (χ0) is 22.8. The Labute approximate surface area is 195 Å². The van der Waals surface area contributed by atoms with E-state index in [2.05, 4.69) is 110 Å². The van der Waals surface area contributed by atoms with Gasteiger partial charge in [0, 0.05) is 37.6 Å². The number of anilines is 2. The van der Waals surface area contributed by atoms with E-state index in [0.29, 0.717) is 0 Å². The van der Waals surface area contributed by atoms with Gasteiger partial charge in [0.15, 0.2) is 0 Å². The van der Waals surface area contributed by atoms with Crippen LogP contribution >= 0.6 is 0 Å². The molecule has 2 heteroatoms. The van der Waals surface area contributed by atoms with Crippen LogP contribution in [0.4, 0.5) is 11.4 Å². The first kappa shape index (κ1) is 23.9. The fourth-order valence-electron chi connectivity index (χ4n) is 4.44. The summed E-state index contributed by atoms with van der Waals surface area (Å²) in [5.41, 5.74) is 8.37. The Kier molecular flexibility index (Phi) is 9.22. The Hall–Kier alpha value is -2.74. The number of hydrogen-bond acceptors (Lipinski definition) is 2. The van der Waals surface area contributed by atoms with Gasteiger partial charge in [-0.1, -0.05) is 48.5 Å². The second kappa shape index (κ2) is 12.3. The van der Waals surface area contributed by atoms with E-state index in [-0.39, 0.29) is 0 Å². The Morgan fingerprint density at radius 3 is 1.12 bits per heavy atom. The molecule has 0 aliphatic heterocycles. The van der Waals surface area contributed by atoms with E-state index in [1.807, 2.05) is 0 Å². The van der Waals surface area contributed by atoms with E-state index in [1.165, 1.54) is 33.6 Å². The van der Waals surface area contributed by atoms with Crippen LogP contribution in [0, 0.1) is 0 Å². The van der Waals surface area contributed by atoms with Crippen molar-refractivity contribution in [2.24, 2.45) is 0 Å². The summed E-state index contributed by atoms with van der Waals surface area (Å²) in [6.45, 7) is 13.1. The second-order valence-electron chi connectivity index (χ2n) is 8.50. The van der Waals surface area contributed by atoms with E-state index in [0.717, 1.165) is 51.9 Å². The molecule has 0 heterocycles. The lowest BCUT2D eigenvalue weighted by Crippen LogP contribution is -2.21. The van der Waals surface area contributed by atoms with Gasteiger partial charge in [-0.2, -0.15) is 0 Å². The van der Waals surface area contributed by atoms with Crippen LogP contribution < -0.4 is 9.80 Å². The maximum atomic E-state index is 2.41. The van der Waals surface area contributed by atoms with Crippen molar-refractivity contribution in [3.63, 3.8) is 0 Å². The van der Waals surface area contributed by atoms with Gasteiger partial charge in [-0.15, -0.1) is 0 Å². The summed E-state index contributed by atoms with van der Waals surface area (Å²) in [4.78, 5) is 4.83. The third kappa shape index (κ3) is 6.63. The maximum absolute atomic E-state index is 2.41. The van der Waals surface area contributed by atoms with E-state index in [1.54, 1.807) is 0 Å². The van der Waals surface area contributed by atoms with Gasteiger partial charge in [0.2, 0.25) is 0 Å². The highest BCUT2D eigenvalue weighted by Crippen LogP contribution is 2.19. The Balaban J connectivity index is 1.54. The number of rotatable bonds is 12. The van der Waals surface area contributed by atoms with E-state index in [9.17, 15) is 0 Å². The van der Waals surface area contributed by atoms with Gasteiger partial charge in [-0.3, -0.25) is 0 Å². The standard InChI is InChI=1S/C30H40N2/c1-5-31(6-2)29-13-9-11-27(23-29)21-19-25-15-17-26(18-16-25)20-22-28-12-10-14-30(24-28)32(7-3)8-4/h9-18,23-24H,5-8,19-22H2,1-4H3. The smallest absolute Gasteiger partial charge is 0.0368 e. The van der Waals surface area contributed by atoms with Crippen LogP contribution in [-0.4, -0.2) is 26.2 Å². The molecule has 0 radical (unpaired) electrons. The van der Waals surface area contributed by atoms with E-state index >= 15 is 0 Å². The summed E-state index contributed by atoms with van der Waals surface area (Å²) in [6, 6.07) is 27.3. The SMILES string of the molecule is CCN(CC)c1cccc(CCc2ccc(CCc3cccc(N(CC)CC)c3)cc2)c1. The van der Waals surface area contributed by atoms with Crippen molar-refractivity contribution in [1.29, 1.82) is 0 Å². The molecule has 0 spiro atoms. The van der Waals surface area contributed by atoms with Crippen LogP contribution in [-0.2, 0) is 25.7 Å². The molecule has 2 nitrogen and oxygen atoms in total. The molecule has 0 atom stereocenters. The topological polar surface area (TPSA) is 6.48 Å². The molecule has 3 rings (SSSR count). The lowest BCUT2D eigenvalue weighted by molar-refractivity contribution is 0.861. The molecule has 0 aliphatic rings. The summed E-state index contributed by atoms with van der Waals surface area (Å²) in [7, 11) is 0. The summed E-state index contributed by atoms with van der Waals surface area (Å²) >= 11 is 0. The Morgan fingerprint density at radius 2 is 0.781 bits per heavy atom. The minimum absolute atomic E-state index is 1.06. The predicted molar refractivity (Wildman–Crippen MR) is 141 cm³/mol. The minimum atomic E-state index is 1.06. The molecule has 0 bridgehead atoms. The molecule has 32 heavy (non-hydrogen) atoms. The molecular formula is C30H40N2. The first-order valence-electron chi connectivity index (χ1n) is 12.4. The number of benzene rings is 3. The van der Waals surface area contributed by atoms with Gasteiger partial charge in [-0.05, 0) is 99.9 Å². The lowest BCUT2D eigenvalue weighted by Gasteiger charge is -2.21. The molecule has 0 aromatic heterocycles. The molecule has 0 aliphatic carbocycles. The molecular weight excluding hydrogens is 388 g/mol. The van der Waals surface area contributed by atoms with E-state index < -0.39 is 0 Å². The molecule has 0 fully saturated rings. The number of aryl methyl sites for hydroxylation is 4. The molecule has 0 unspecified atom stereocenters. The molecule has 0 N–H and O–H groups in total. The zero-order valence-corrected chi connectivity index (χ0v) is 20.5. The lowest BCUT2D eigenvalue weighted by atomic mass is 10.00. The maximum Gasteiger partial charge on any atom is 0.0368 e. The number of nitrogens with zero attached hydrogens (tertiary/aromatic N) is 2. The van der Waals surface area contributed by atoms with Crippen LogP contribution in [0.2, 0.25) is 0 Å². The van der Waals surface area contributed by atoms with Gasteiger partial charge in [-0.25, -0.2) is 0 Å². The monoisotopic (exact) mass is 428 g/mol. The summed E-state index contributed by atoms with van der Waals surface area (Å²) in [6.07, 6.45) is 4.36. The van der Waals surface area contributed by atoms with E-state index in [4.69, 9.17) is 0 Å². The highest BCUT2D eigenvalue weighted by molar-refractivity contribution is 5.49. The van der Waals surface area contributed by atoms with Crippen molar-refractivity contribution in [2.45, 2.75) is 53.4 Å². The van der Waals surface area contributed by atoms with Gasteiger partial charge in [0.05, 0.1) is 0 Å². The summed E-state index contributed by atoms with van der Waals surface area (Å²) in [5, 5.41) is 0. The van der Waals surface area contributed by atoms with Crippen molar-refractivity contribution >= 4 is 11.4 Å². The van der Waals surface area contributed by atoms with Gasteiger partial charge in [0.25, 0.3) is 0 Å². The van der Waals surface area contributed by atoms with Crippen molar-refractivity contribution in [3.8, 4) is 0 Å². The Bertz CT molecular complexity index is 859. The normalized spacial score (nSPS) is 10.9. The second-order valence-corrected chi connectivity index (χ2v) is 8.50. The van der Waals surface area contributed by atoms with Crippen molar-refractivity contribution in [1.82, 2.24) is 0 Å². The fourth-order valence-corrected chi connectivity index (χ4v) is 4.44. The Morgan fingerprint density at radius 1 is 0.438 bits per heavy atom. The summed E-state index contributed by atoms with van der Waals surface area (Å²) < 4.78 is 0. The van der Waals surface area contributed by atoms with Crippen LogP contribution in [0.15, 0.2) is 72.8 Å². The predicted octanol–water partition coefficient (Wildman–Crippen LogP) is 6.95. The van der Waals surface area contributed by atoms with Crippen LogP contribution in [0.25, 0.3) is 0 Å². The average Bonchev–Trinajstić information content (AvgIpc) is 2.84. The van der Waals surface area contributed by atoms with Crippen molar-refractivity contribution in [3.05, 3.63) is 95.1 Å². The summed E-state index contributed by atoms with van der Waals surface area (Å²) in [5.74, 6) is 0. The molecule has 3 aromatic rings. The third-order valence-electron chi connectivity index (χ3n) is 6.51. The molecule has 0 amide bonds. The molecule has 170 valence electrons. The molecule has 3 aromatic carbocycles. The van der Waals surface area contributed by atoms with Gasteiger partial charge < -0.3 is 9.80 Å². The van der Waals surface area contributed by atoms with Crippen LogP contribution in [0.1, 0.15) is 49.9 Å². The largest absolute Gasteiger partial charge is 0.372 e. The molecule has 0 saturated carbocycles. The quantitative estimate of drug-likeness (QED) is 0.308. The first-order chi connectivity index (χ1) is 15.7. The highest BCUT2D eigenvalue weighted by atomic mass is 15.1. The van der Waals surface area contributed by atoms with Crippen molar-refractivity contribution in [2.75, 3.05) is 36.0 Å². The third-order valence-corrected chi connectivity index (χ3v) is 6.51. The average molecular weight is 429 g/mol. The minimum Gasteiger partial charge on any atom is -0.372 e. The zero-order valence-electron chi connectivity index (χ0n) is 20.5. The first-order valence-corrected chi connectivity index (χ1v) is 12.4.